The molecule has 6 heteroatoms. The van der Waals surface area contributed by atoms with E-state index in [4.69, 9.17) is 4.74 Å². The largest absolute Gasteiger partial charge is 0.492 e. The number of aryl methyl sites for hydroxylation is 2. The standard InChI is InChI=1S/C46H69NO3S2/c1-6-9-12-15-17-18-19-20-22-25-32-50-39-33-41(52-44(39)40-31-29-36(5)51-40)38-30-28-35(4)42-43(38)46(49)47(45(42)48)34-37(26-23-14-11-8-3)27-24-21-16-13-10-7-2/h28-31,33,37H,6-27,32,34H2,1-5H3. The molecule has 1 aliphatic rings. The van der Waals surface area contributed by atoms with Crippen molar-refractivity contribution in [1.29, 1.82) is 0 Å². The minimum Gasteiger partial charge on any atom is -0.492 e. The van der Waals surface area contributed by atoms with Crippen LogP contribution in [0.2, 0.25) is 0 Å². The number of carbonyl (C=O) groups excluding carboxylic acids is 2. The molecule has 4 rings (SSSR count). The fourth-order valence-electron chi connectivity index (χ4n) is 7.71. The van der Waals surface area contributed by atoms with Crippen LogP contribution in [0.15, 0.2) is 30.3 Å². The van der Waals surface area contributed by atoms with E-state index >= 15 is 0 Å². The second-order valence-electron chi connectivity index (χ2n) is 15.4. The van der Waals surface area contributed by atoms with Crippen LogP contribution in [0.5, 0.6) is 5.75 Å². The zero-order chi connectivity index (χ0) is 37.1. The Morgan fingerprint density at radius 1 is 0.596 bits per heavy atom. The molecule has 4 nitrogen and oxygen atoms in total. The number of amides is 2. The zero-order valence-electron chi connectivity index (χ0n) is 33.4. The van der Waals surface area contributed by atoms with Gasteiger partial charge in [0.1, 0.15) is 5.75 Å². The van der Waals surface area contributed by atoms with E-state index in [0.29, 0.717) is 30.2 Å². The molecule has 1 aliphatic heterocycles. The first-order chi connectivity index (χ1) is 25.4. The van der Waals surface area contributed by atoms with Crippen molar-refractivity contribution >= 4 is 34.5 Å². The monoisotopic (exact) mass is 747 g/mol. The summed E-state index contributed by atoms with van der Waals surface area (Å²) in [4.78, 5) is 34.6. The Morgan fingerprint density at radius 2 is 1.13 bits per heavy atom. The predicted molar refractivity (Wildman–Crippen MR) is 225 cm³/mol. The molecule has 0 saturated heterocycles. The van der Waals surface area contributed by atoms with Crippen LogP contribution in [-0.4, -0.2) is 29.9 Å². The molecule has 0 saturated carbocycles. The molecule has 3 aromatic rings. The lowest BCUT2D eigenvalue weighted by molar-refractivity contribution is 0.0621. The zero-order valence-corrected chi connectivity index (χ0v) is 35.1. The first-order valence-corrected chi connectivity index (χ1v) is 22.9. The lowest BCUT2D eigenvalue weighted by atomic mass is 9.93. The summed E-state index contributed by atoms with van der Waals surface area (Å²) in [7, 11) is 0. The average Bonchev–Trinajstić information content (AvgIpc) is 3.83. The Labute approximate surface area is 325 Å². The Balaban J connectivity index is 1.47. The van der Waals surface area contributed by atoms with Crippen LogP contribution in [0.3, 0.4) is 0 Å². The van der Waals surface area contributed by atoms with Crippen molar-refractivity contribution in [3.63, 3.8) is 0 Å². The van der Waals surface area contributed by atoms with Crippen LogP contribution in [-0.2, 0) is 0 Å². The van der Waals surface area contributed by atoms with Gasteiger partial charge in [-0.2, -0.15) is 0 Å². The second kappa shape index (κ2) is 23.4. The number of thiophene rings is 2. The summed E-state index contributed by atoms with van der Waals surface area (Å²) in [6.45, 7) is 12.1. The van der Waals surface area contributed by atoms with Gasteiger partial charge >= 0.3 is 0 Å². The molecule has 0 radical (unpaired) electrons. The number of imide groups is 1. The first-order valence-electron chi connectivity index (χ1n) is 21.2. The van der Waals surface area contributed by atoms with E-state index in [2.05, 4.69) is 52.0 Å². The van der Waals surface area contributed by atoms with Gasteiger partial charge in [-0.25, -0.2) is 0 Å². The molecule has 1 aromatic carbocycles. The van der Waals surface area contributed by atoms with E-state index in [1.54, 1.807) is 27.6 Å². The van der Waals surface area contributed by atoms with Gasteiger partial charge < -0.3 is 4.74 Å². The summed E-state index contributed by atoms with van der Waals surface area (Å²) >= 11 is 3.47. The molecule has 1 atom stereocenters. The van der Waals surface area contributed by atoms with Gasteiger partial charge in [0.25, 0.3) is 11.8 Å². The number of nitrogens with zero attached hydrogens (tertiary/aromatic N) is 1. The van der Waals surface area contributed by atoms with E-state index in [1.807, 2.05) is 13.0 Å². The third-order valence-corrected chi connectivity index (χ3v) is 13.2. The Morgan fingerprint density at radius 3 is 1.71 bits per heavy atom. The van der Waals surface area contributed by atoms with Crippen molar-refractivity contribution in [1.82, 2.24) is 4.90 Å². The number of fused-ring (bicyclic) bond motifs is 1. The number of carbonyl (C=O) groups is 2. The van der Waals surface area contributed by atoms with Gasteiger partial charge in [0, 0.05) is 26.7 Å². The van der Waals surface area contributed by atoms with Gasteiger partial charge in [-0.1, -0.05) is 155 Å². The highest BCUT2D eigenvalue weighted by atomic mass is 32.1. The van der Waals surface area contributed by atoms with Gasteiger partial charge in [0.2, 0.25) is 0 Å². The summed E-state index contributed by atoms with van der Waals surface area (Å²) in [5.41, 5.74) is 2.94. The number of ether oxygens (including phenoxy) is 1. The molecule has 1 unspecified atom stereocenters. The molecule has 2 aromatic heterocycles. The lowest BCUT2D eigenvalue weighted by Gasteiger charge is -2.23. The smallest absolute Gasteiger partial charge is 0.262 e. The van der Waals surface area contributed by atoms with E-state index in [-0.39, 0.29) is 11.8 Å². The molecule has 288 valence electrons. The van der Waals surface area contributed by atoms with Crippen molar-refractivity contribution in [2.45, 2.75) is 176 Å². The van der Waals surface area contributed by atoms with Gasteiger partial charge in [0.15, 0.2) is 0 Å². The number of hydrogen-bond donors (Lipinski definition) is 0. The number of rotatable bonds is 28. The molecular weight excluding hydrogens is 679 g/mol. The van der Waals surface area contributed by atoms with Gasteiger partial charge in [-0.15, -0.1) is 22.7 Å². The minimum absolute atomic E-state index is 0.107. The normalized spacial score (nSPS) is 13.4. The molecule has 3 heterocycles. The van der Waals surface area contributed by atoms with E-state index < -0.39 is 0 Å². The molecule has 52 heavy (non-hydrogen) atoms. The molecule has 0 N–H and O–H groups in total. The van der Waals surface area contributed by atoms with Crippen molar-refractivity contribution < 1.29 is 14.3 Å². The third-order valence-electron chi connectivity index (χ3n) is 10.9. The molecular formula is C46H69NO3S2. The minimum atomic E-state index is -0.116. The van der Waals surface area contributed by atoms with Crippen molar-refractivity contribution in [2.24, 2.45) is 5.92 Å². The Hall–Kier alpha value is -2.44. The topological polar surface area (TPSA) is 46.6 Å². The second-order valence-corrected chi connectivity index (χ2v) is 17.8. The number of hydrogen-bond acceptors (Lipinski definition) is 5. The first kappa shape index (κ1) is 42.3. The van der Waals surface area contributed by atoms with Crippen LogP contribution in [0.25, 0.3) is 20.2 Å². The Kier molecular flexibility index (Phi) is 19.0. The highest BCUT2D eigenvalue weighted by Crippen LogP contribution is 2.47. The highest BCUT2D eigenvalue weighted by molar-refractivity contribution is 7.24. The molecule has 2 amide bonds. The van der Waals surface area contributed by atoms with Crippen LogP contribution < -0.4 is 4.74 Å². The van der Waals surface area contributed by atoms with E-state index in [0.717, 1.165) is 45.9 Å². The fraction of sp³-hybridized carbons (Fsp3) is 0.652. The van der Waals surface area contributed by atoms with Crippen molar-refractivity contribution in [3.05, 3.63) is 51.9 Å². The summed E-state index contributed by atoms with van der Waals surface area (Å²) < 4.78 is 6.52. The molecule has 0 bridgehead atoms. The summed E-state index contributed by atoms with van der Waals surface area (Å²) in [6.07, 6.45) is 27.6. The molecule has 0 spiro atoms. The van der Waals surface area contributed by atoms with Crippen molar-refractivity contribution in [3.8, 4) is 25.9 Å². The van der Waals surface area contributed by atoms with Crippen LogP contribution in [0, 0.1) is 19.8 Å². The summed E-state index contributed by atoms with van der Waals surface area (Å²) in [5.74, 6) is 1.03. The van der Waals surface area contributed by atoms with Crippen LogP contribution >= 0.6 is 22.7 Å². The molecule has 0 aliphatic carbocycles. The highest BCUT2D eigenvalue weighted by Gasteiger charge is 2.40. The average molecular weight is 748 g/mol. The maximum absolute atomic E-state index is 14.3. The number of benzene rings is 1. The molecule has 0 fully saturated rings. The summed E-state index contributed by atoms with van der Waals surface area (Å²) in [6, 6.07) is 10.6. The summed E-state index contributed by atoms with van der Waals surface area (Å²) in [5, 5.41) is 0. The maximum Gasteiger partial charge on any atom is 0.262 e. The van der Waals surface area contributed by atoms with Crippen LogP contribution in [0.4, 0.5) is 0 Å². The third kappa shape index (κ3) is 12.6. The van der Waals surface area contributed by atoms with Crippen LogP contribution in [0.1, 0.15) is 193 Å². The van der Waals surface area contributed by atoms with E-state index in [9.17, 15) is 9.59 Å². The lowest BCUT2D eigenvalue weighted by Crippen LogP contribution is -2.34. The van der Waals surface area contributed by atoms with Gasteiger partial charge in [0.05, 0.1) is 22.6 Å². The maximum atomic E-state index is 14.3. The Bertz CT molecular complexity index is 1500. The van der Waals surface area contributed by atoms with Gasteiger partial charge in [-0.3, -0.25) is 14.5 Å². The fourth-order valence-corrected chi connectivity index (χ4v) is 9.83. The van der Waals surface area contributed by atoms with E-state index in [1.165, 1.54) is 132 Å². The predicted octanol–water partition coefficient (Wildman–Crippen LogP) is 15.0. The quantitative estimate of drug-likeness (QED) is 0.0549. The SMILES string of the molecule is CCCCCCCCCCCCOc1cc(-c2ccc(C)c3c2C(=O)N(CC(CCCCCC)CCCCCCCC)C3=O)sc1-c1ccc(C)s1. The van der Waals surface area contributed by atoms with Gasteiger partial charge in [-0.05, 0) is 62.8 Å². The van der Waals surface area contributed by atoms with Crippen molar-refractivity contribution in [2.75, 3.05) is 13.2 Å². The number of unbranched alkanes of at least 4 members (excludes halogenated alkanes) is 17.